The Hall–Kier alpha value is -0.480. The van der Waals surface area contributed by atoms with Crippen LogP contribution in [0.15, 0.2) is 27.4 Å². The predicted molar refractivity (Wildman–Crippen MR) is 59.7 cm³/mol. The van der Waals surface area contributed by atoms with E-state index in [1.54, 1.807) is 12.4 Å². The summed E-state index contributed by atoms with van der Waals surface area (Å²) in [5.74, 6) is 0. The van der Waals surface area contributed by atoms with Gasteiger partial charge in [0.2, 0.25) is 0 Å². The summed E-state index contributed by atoms with van der Waals surface area (Å²) >= 11 is 6.91. The molecule has 0 saturated heterocycles. The molecule has 0 spiro atoms. The molecular weight excluding hydrogens is 296 g/mol. The van der Waals surface area contributed by atoms with Crippen LogP contribution in [-0.4, -0.2) is 9.97 Å². The summed E-state index contributed by atoms with van der Waals surface area (Å²) in [6, 6.07) is 1.95. The normalized spacial score (nSPS) is 10.7. The Morgan fingerprint density at radius 3 is 2.77 bits per heavy atom. The summed E-state index contributed by atoms with van der Waals surface area (Å²) < 4.78 is 1.99. The van der Waals surface area contributed by atoms with Crippen molar-refractivity contribution in [2.24, 2.45) is 0 Å². The van der Waals surface area contributed by atoms with Crippen LogP contribution in [0.4, 0.5) is 0 Å². The molecule has 0 unspecified atom stereocenters. The van der Waals surface area contributed by atoms with Crippen LogP contribution in [0.2, 0.25) is 0 Å². The number of nitrogens with zero attached hydrogens (tertiary/aromatic N) is 2. The number of hydrogen-bond acceptors (Lipinski definition) is 2. The van der Waals surface area contributed by atoms with E-state index in [2.05, 4.69) is 41.8 Å². The predicted octanol–water partition coefficient (Wildman–Crippen LogP) is 3.46. The second-order valence-corrected chi connectivity index (χ2v) is 4.36. The zero-order valence-corrected chi connectivity index (χ0v) is 10.1. The highest BCUT2D eigenvalue weighted by molar-refractivity contribution is 9.13. The molecule has 0 N–H and O–H groups in total. The summed E-state index contributed by atoms with van der Waals surface area (Å²) in [6.07, 6.45) is 3.57. The van der Waals surface area contributed by atoms with Crippen LogP contribution in [0.5, 0.6) is 0 Å². The molecule has 13 heavy (non-hydrogen) atoms. The van der Waals surface area contributed by atoms with Crippen LogP contribution < -0.4 is 0 Å². The molecule has 2 heterocycles. The number of halogens is 2. The first kappa shape index (κ1) is 9.09. The van der Waals surface area contributed by atoms with Gasteiger partial charge in [-0.25, -0.2) is 0 Å². The molecule has 0 amide bonds. The first-order chi connectivity index (χ1) is 6.20. The fraction of sp³-hybridized carbons (Fsp3) is 0.111. The van der Waals surface area contributed by atoms with Crippen LogP contribution in [-0.2, 0) is 0 Å². The van der Waals surface area contributed by atoms with Crippen molar-refractivity contribution in [3.8, 4) is 0 Å². The zero-order chi connectivity index (χ0) is 9.42. The van der Waals surface area contributed by atoms with Gasteiger partial charge < -0.3 is 0 Å². The van der Waals surface area contributed by atoms with Crippen molar-refractivity contribution < 1.29 is 0 Å². The van der Waals surface area contributed by atoms with Gasteiger partial charge >= 0.3 is 0 Å². The minimum Gasteiger partial charge on any atom is -0.259 e. The fourth-order valence-corrected chi connectivity index (χ4v) is 1.94. The smallest absolute Gasteiger partial charge is 0.0926 e. The Morgan fingerprint density at radius 1 is 1.23 bits per heavy atom. The molecule has 2 aromatic rings. The van der Waals surface area contributed by atoms with Crippen molar-refractivity contribution in [3.05, 3.63) is 33.1 Å². The van der Waals surface area contributed by atoms with E-state index in [4.69, 9.17) is 0 Å². The third-order valence-electron chi connectivity index (χ3n) is 1.86. The number of hydrogen-bond donors (Lipinski definition) is 0. The number of rotatable bonds is 0. The van der Waals surface area contributed by atoms with Crippen LogP contribution >= 0.6 is 31.9 Å². The minimum atomic E-state index is 0.942. The average Bonchev–Trinajstić information content (AvgIpc) is 2.12. The lowest BCUT2D eigenvalue weighted by atomic mass is 10.2. The summed E-state index contributed by atoms with van der Waals surface area (Å²) in [5, 5.41) is 1.09. The first-order valence-electron chi connectivity index (χ1n) is 3.75. The maximum Gasteiger partial charge on any atom is 0.0926 e. The zero-order valence-electron chi connectivity index (χ0n) is 6.88. The largest absolute Gasteiger partial charge is 0.259 e. The van der Waals surface area contributed by atoms with E-state index in [-0.39, 0.29) is 0 Å². The SMILES string of the molecule is Cc1nccc2c(Br)c(Br)cnc12. The second kappa shape index (κ2) is 3.35. The van der Waals surface area contributed by atoms with E-state index in [9.17, 15) is 0 Å². The Kier molecular flexibility index (Phi) is 2.34. The third-order valence-corrected chi connectivity index (χ3v) is 3.85. The van der Waals surface area contributed by atoms with Gasteiger partial charge in [-0.2, -0.15) is 0 Å². The van der Waals surface area contributed by atoms with Crippen LogP contribution in [0, 0.1) is 6.92 Å². The van der Waals surface area contributed by atoms with E-state index < -0.39 is 0 Å². The molecule has 0 bridgehead atoms. The van der Waals surface area contributed by atoms with Gasteiger partial charge in [0, 0.05) is 22.3 Å². The fourth-order valence-electron chi connectivity index (χ4n) is 1.21. The Balaban J connectivity index is 2.94. The molecule has 2 nitrogen and oxygen atoms in total. The Morgan fingerprint density at radius 2 is 2.00 bits per heavy atom. The highest BCUT2D eigenvalue weighted by Gasteiger charge is 2.05. The molecule has 0 atom stereocenters. The molecule has 66 valence electrons. The van der Waals surface area contributed by atoms with Crippen LogP contribution in [0.1, 0.15) is 5.69 Å². The monoisotopic (exact) mass is 300 g/mol. The molecule has 0 aliphatic rings. The molecular formula is C9H6Br2N2. The highest BCUT2D eigenvalue weighted by atomic mass is 79.9. The van der Waals surface area contributed by atoms with Crippen molar-refractivity contribution in [1.82, 2.24) is 9.97 Å². The quantitative estimate of drug-likeness (QED) is 0.745. The molecule has 0 aliphatic heterocycles. The molecule has 0 aliphatic carbocycles. The average molecular weight is 302 g/mol. The number of pyridine rings is 2. The Labute approximate surface area is 92.7 Å². The van der Waals surface area contributed by atoms with Gasteiger partial charge in [-0.1, -0.05) is 0 Å². The first-order valence-corrected chi connectivity index (χ1v) is 5.34. The highest BCUT2D eigenvalue weighted by Crippen LogP contribution is 2.30. The number of fused-ring (bicyclic) bond motifs is 1. The molecule has 4 heteroatoms. The van der Waals surface area contributed by atoms with Gasteiger partial charge in [0.25, 0.3) is 0 Å². The van der Waals surface area contributed by atoms with Gasteiger partial charge in [0.05, 0.1) is 15.7 Å². The Bertz CT molecular complexity index is 468. The van der Waals surface area contributed by atoms with Gasteiger partial charge in [0.1, 0.15) is 0 Å². The van der Waals surface area contributed by atoms with E-state index in [1.165, 1.54) is 0 Å². The van der Waals surface area contributed by atoms with E-state index in [0.29, 0.717) is 0 Å². The van der Waals surface area contributed by atoms with Gasteiger partial charge in [-0.15, -0.1) is 0 Å². The summed E-state index contributed by atoms with van der Waals surface area (Å²) in [7, 11) is 0. The molecule has 0 fully saturated rings. The van der Waals surface area contributed by atoms with Gasteiger partial charge in [-0.3, -0.25) is 9.97 Å². The molecule has 2 aromatic heterocycles. The second-order valence-electron chi connectivity index (χ2n) is 2.71. The van der Waals surface area contributed by atoms with E-state index >= 15 is 0 Å². The standard InChI is InChI=1S/C9H6Br2N2/c1-5-9-6(2-3-12-5)8(11)7(10)4-13-9/h2-4H,1H3. The van der Waals surface area contributed by atoms with Crippen molar-refractivity contribution in [2.75, 3.05) is 0 Å². The van der Waals surface area contributed by atoms with E-state index in [1.807, 2.05) is 13.0 Å². The van der Waals surface area contributed by atoms with Crippen LogP contribution in [0.3, 0.4) is 0 Å². The lowest BCUT2D eigenvalue weighted by Crippen LogP contribution is -1.87. The van der Waals surface area contributed by atoms with Crippen molar-refractivity contribution in [1.29, 1.82) is 0 Å². The number of aryl methyl sites for hydroxylation is 1. The molecule has 0 aromatic carbocycles. The van der Waals surface area contributed by atoms with Gasteiger partial charge in [0.15, 0.2) is 0 Å². The molecule has 2 rings (SSSR count). The molecule has 0 saturated carbocycles. The summed E-state index contributed by atoms with van der Waals surface area (Å²) in [6.45, 7) is 1.95. The topological polar surface area (TPSA) is 25.8 Å². The lowest BCUT2D eigenvalue weighted by molar-refractivity contribution is 1.20. The van der Waals surface area contributed by atoms with Crippen molar-refractivity contribution in [2.45, 2.75) is 6.92 Å². The van der Waals surface area contributed by atoms with Crippen molar-refractivity contribution in [3.63, 3.8) is 0 Å². The summed E-state index contributed by atoms with van der Waals surface area (Å²) in [4.78, 5) is 8.48. The maximum atomic E-state index is 4.30. The van der Waals surface area contributed by atoms with Crippen LogP contribution in [0.25, 0.3) is 10.9 Å². The maximum absolute atomic E-state index is 4.30. The third kappa shape index (κ3) is 1.48. The van der Waals surface area contributed by atoms with E-state index in [0.717, 1.165) is 25.5 Å². The summed E-state index contributed by atoms with van der Waals surface area (Å²) in [5.41, 5.74) is 1.89. The lowest BCUT2D eigenvalue weighted by Gasteiger charge is -2.03. The number of aromatic nitrogens is 2. The molecule has 0 radical (unpaired) electrons. The van der Waals surface area contributed by atoms with Gasteiger partial charge in [-0.05, 0) is 44.8 Å². The van der Waals surface area contributed by atoms with Crippen molar-refractivity contribution >= 4 is 42.8 Å². The minimum absolute atomic E-state index is 0.942.